The van der Waals surface area contributed by atoms with Crippen molar-refractivity contribution < 1.29 is 9.90 Å². The van der Waals surface area contributed by atoms with Gasteiger partial charge in [0.2, 0.25) is 5.91 Å². The number of nitrogens with one attached hydrogen (secondary N) is 2. The number of carbonyl (C=O) groups excluding carboxylic acids is 1. The third-order valence-corrected chi connectivity index (χ3v) is 2.77. The molecule has 1 aromatic heterocycles. The molecule has 1 unspecified atom stereocenters. The van der Waals surface area contributed by atoms with Crippen molar-refractivity contribution in [3.8, 4) is 0 Å². The summed E-state index contributed by atoms with van der Waals surface area (Å²) in [4.78, 5) is 11.7. The van der Waals surface area contributed by atoms with E-state index in [9.17, 15) is 9.90 Å². The molecule has 0 aliphatic carbocycles. The number of rotatable bonds is 6. The molecule has 0 radical (unpaired) electrons. The van der Waals surface area contributed by atoms with E-state index in [1.807, 2.05) is 20.8 Å². The molecule has 0 spiro atoms. The second-order valence-corrected chi connectivity index (χ2v) is 4.34. The SMILES string of the molecule is CCCC(O)CNC(=O)Cc1c(C)n[nH]c1C. The van der Waals surface area contributed by atoms with Crippen LogP contribution >= 0.6 is 0 Å². The second kappa shape index (κ2) is 6.39. The fourth-order valence-corrected chi connectivity index (χ4v) is 1.72. The van der Waals surface area contributed by atoms with Gasteiger partial charge in [-0.2, -0.15) is 5.10 Å². The zero-order chi connectivity index (χ0) is 12.8. The summed E-state index contributed by atoms with van der Waals surface area (Å²) in [6, 6.07) is 0. The van der Waals surface area contributed by atoms with Gasteiger partial charge in [-0.25, -0.2) is 0 Å². The predicted octanol–water partition coefficient (Wildman–Crippen LogP) is 0.846. The molecular formula is C12H21N3O2. The summed E-state index contributed by atoms with van der Waals surface area (Å²) < 4.78 is 0. The number of aromatic nitrogens is 2. The van der Waals surface area contributed by atoms with E-state index < -0.39 is 6.10 Å². The summed E-state index contributed by atoms with van der Waals surface area (Å²) in [5.74, 6) is -0.0762. The molecular weight excluding hydrogens is 218 g/mol. The highest BCUT2D eigenvalue weighted by Gasteiger charge is 2.12. The number of hydrogen-bond acceptors (Lipinski definition) is 3. The number of H-pyrrole nitrogens is 1. The average molecular weight is 239 g/mol. The van der Waals surface area contributed by atoms with Crippen LogP contribution in [0.3, 0.4) is 0 Å². The summed E-state index contributed by atoms with van der Waals surface area (Å²) in [6.45, 7) is 6.10. The monoisotopic (exact) mass is 239 g/mol. The molecule has 0 saturated heterocycles. The maximum absolute atomic E-state index is 11.7. The van der Waals surface area contributed by atoms with E-state index in [1.165, 1.54) is 0 Å². The van der Waals surface area contributed by atoms with E-state index in [2.05, 4.69) is 15.5 Å². The molecule has 17 heavy (non-hydrogen) atoms. The number of aryl methyl sites for hydroxylation is 2. The van der Waals surface area contributed by atoms with E-state index in [1.54, 1.807) is 0 Å². The van der Waals surface area contributed by atoms with E-state index in [0.717, 1.165) is 23.4 Å². The smallest absolute Gasteiger partial charge is 0.224 e. The van der Waals surface area contributed by atoms with Crippen LogP contribution in [0.15, 0.2) is 0 Å². The van der Waals surface area contributed by atoms with Crippen LogP contribution in [0, 0.1) is 13.8 Å². The van der Waals surface area contributed by atoms with Crippen LogP contribution in [-0.4, -0.2) is 33.9 Å². The Morgan fingerprint density at radius 1 is 1.53 bits per heavy atom. The molecule has 1 heterocycles. The number of aliphatic hydroxyl groups is 1. The third kappa shape index (κ3) is 4.19. The van der Waals surface area contributed by atoms with Gasteiger partial charge in [0.25, 0.3) is 0 Å². The lowest BCUT2D eigenvalue weighted by molar-refractivity contribution is -0.120. The molecule has 1 rings (SSSR count). The second-order valence-electron chi connectivity index (χ2n) is 4.34. The van der Waals surface area contributed by atoms with E-state index in [4.69, 9.17) is 0 Å². The molecule has 5 nitrogen and oxygen atoms in total. The summed E-state index contributed by atoms with van der Waals surface area (Å²) in [6.07, 6.45) is 1.49. The number of hydrogen-bond donors (Lipinski definition) is 3. The largest absolute Gasteiger partial charge is 0.391 e. The van der Waals surface area contributed by atoms with Crippen molar-refractivity contribution in [3.05, 3.63) is 17.0 Å². The van der Waals surface area contributed by atoms with Gasteiger partial charge >= 0.3 is 0 Å². The third-order valence-electron chi connectivity index (χ3n) is 2.77. The number of nitrogens with zero attached hydrogens (tertiary/aromatic N) is 1. The minimum atomic E-state index is -0.449. The van der Waals surface area contributed by atoms with Crippen molar-refractivity contribution in [2.24, 2.45) is 0 Å². The molecule has 0 aliphatic heterocycles. The summed E-state index contributed by atoms with van der Waals surface area (Å²) in [5.41, 5.74) is 2.71. The Kier molecular flexibility index (Phi) is 5.15. The first kappa shape index (κ1) is 13.7. The standard InChI is InChI=1S/C12H21N3O2/c1-4-5-10(16)7-13-12(17)6-11-8(2)14-15-9(11)3/h10,16H,4-7H2,1-3H3,(H,13,17)(H,14,15). The number of carbonyl (C=O) groups is 1. The Balaban J connectivity index is 2.40. The van der Waals surface area contributed by atoms with Crippen molar-refractivity contribution in [1.29, 1.82) is 0 Å². The van der Waals surface area contributed by atoms with Crippen LogP contribution in [0.2, 0.25) is 0 Å². The molecule has 0 aromatic carbocycles. The molecule has 0 fully saturated rings. The van der Waals surface area contributed by atoms with Gasteiger partial charge < -0.3 is 10.4 Å². The van der Waals surface area contributed by atoms with E-state index in [0.29, 0.717) is 19.4 Å². The van der Waals surface area contributed by atoms with Crippen molar-refractivity contribution >= 4 is 5.91 Å². The van der Waals surface area contributed by atoms with Gasteiger partial charge in [-0.15, -0.1) is 0 Å². The first-order valence-electron chi connectivity index (χ1n) is 5.99. The lowest BCUT2D eigenvalue weighted by Crippen LogP contribution is -2.33. The lowest BCUT2D eigenvalue weighted by atomic mass is 10.1. The predicted molar refractivity (Wildman–Crippen MR) is 65.7 cm³/mol. The van der Waals surface area contributed by atoms with Gasteiger partial charge in [-0.05, 0) is 20.3 Å². The Morgan fingerprint density at radius 3 is 2.76 bits per heavy atom. The summed E-state index contributed by atoms with van der Waals surface area (Å²) >= 11 is 0. The number of amides is 1. The maximum Gasteiger partial charge on any atom is 0.224 e. The molecule has 96 valence electrons. The van der Waals surface area contributed by atoms with Crippen LogP contribution in [0.25, 0.3) is 0 Å². The highest BCUT2D eigenvalue weighted by atomic mass is 16.3. The Hall–Kier alpha value is -1.36. The Bertz CT molecular complexity index is 354. The van der Waals surface area contributed by atoms with Crippen molar-refractivity contribution in [2.75, 3.05) is 6.54 Å². The molecule has 0 bridgehead atoms. The van der Waals surface area contributed by atoms with Crippen molar-refractivity contribution in [3.63, 3.8) is 0 Å². The van der Waals surface area contributed by atoms with Gasteiger partial charge in [-0.1, -0.05) is 13.3 Å². The van der Waals surface area contributed by atoms with Gasteiger partial charge in [-0.3, -0.25) is 9.89 Å². The van der Waals surface area contributed by atoms with Gasteiger partial charge in [0.05, 0.1) is 18.2 Å². The molecule has 0 saturated carbocycles. The zero-order valence-corrected chi connectivity index (χ0v) is 10.7. The molecule has 3 N–H and O–H groups in total. The first-order chi connectivity index (χ1) is 8.04. The molecule has 1 amide bonds. The highest BCUT2D eigenvalue weighted by molar-refractivity contribution is 5.79. The van der Waals surface area contributed by atoms with Gasteiger partial charge in [0, 0.05) is 17.8 Å². The number of aliphatic hydroxyl groups excluding tert-OH is 1. The fraction of sp³-hybridized carbons (Fsp3) is 0.667. The van der Waals surface area contributed by atoms with E-state index >= 15 is 0 Å². The molecule has 5 heteroatoms. The van der Waals surface area contributed by atoms with Gasteiger partial charge in [0.1, 0.15) is 0 Å². The zero-order valence-electron chi connectivity index (χ0n) is 10.7. The van der Waals surface area contributed by atoms with Crippen LogP contribution in [-0.2, 0) is 11.2 Å². The summed E-state index contributed by atoms with van der Waals surface area (Å²) in [7, 11) is 0. The first-order valence-corrected chi connectivity index (χ1v) is 5.99. The Morgan fingerprint density at radius 2 is 2.24 bits per heavy atom. The topological polar surface area (TPSA) is 78.0 Å². The van der Waals surface area contributed by atoms with Crippen LogP contribution in [0.4, 0.5) is 0 Å². The van der Waals surface area contributed by atoms with Crippen LogP contribution in [0.5, 0.6) is 0 Å². The normalized spacial score (nSPS) is 12.5. The van der Waals surface area contributed by atoms with Gasteiger partial charge in [0.15, 0.2) is 0 Å². The van der Waals surface area contributed by atoms with Crippen LogP contribution in [0.1, 0.15) is 36.7 Å². The lowest BCUT2D eigenvalue weighted by Gasteiger charge is -2.10. The maximum atomic E-state index is 11.7. The quantitative estimate of drug-likeness (QED) is 0.688. The molecule has 1 aromatic rings. The number of aromatic amines is 1. The molecule has 0 aliphatic rings. The highest BCUT2D eigenvalue weighted by Crippen LogP contribution is 2.09. The van der Waals surface area contributed by atoms with Crippen molar-refractivity contribution in [1.82, 2.24) is 15.5 Å². The summed E-state index contributed by atoms with van der Waals surface area (Å²) in [5, 5.41) is 19.1. The molecule has 1 atom stereocenters. The minimum absolute atomic E-state index is 0.0762. The minimum Gasteiger partial charge on any atom is -0.391 e. The van der Waals surface area contributed by atoms with Crippen molar-refractivity contribution in [2.45, 2.75) is 46.1 Å². The van der Waals surface area contributed by atoms with E-state index in [-0.39, 0.29) is 5.91 Å². The average Bonchev–Trinajstić information content (AvgIpc) is 2.58. The van der Waals surface area contributed by atoms with Crippen LogP contribution < -0.4 is 5.32 Å². The fourth-order valence-electron chi connectivity index (χ4n) is 1.72. The Labute approximate surface area is 102 Å².